The maximum absolute atomic E-state index is 6.02. The summed E-state index contributed by atoms with van der Waals surface area (Å²) >= 11 is 0. The van der Waals surface area contributed by atoms with E-state index in [-0.39, 0.29) is 0 Å². The lowest BCUT2D eigenvalue weighted by Gasteiger charge is -1.98. The third kappa shape index (κ3) is 1.45. The lowest BCUT2D eigenvalue weighted by Crippen LogP contribution is -1.74. The van der Waals surface area contributed by atoms with Gasteiger partial charge in [0.2, 0.25) is 0 Å². The number of hydrogen-bond acceptors (Lipinski definition) is 1. The highest BCUT2D eigenvalue weighted by Gasteiger charge is 2.12. The number of aromatic amines is 1. The summed E-state index contributed by atoms with van der Waals surface area (Å²) in [4.78, 5) is 3.60. The first-order valence-corrected chi connectivity index (χ1v) is 8.13. The second kappa shape index (κ2) is 4.18. The number of H-pyrrole nitrogens is 1. The van der Waals surface area contributed by atoms with Gasteiger partial charge in [-0.1, -0.05) is 54.6 Å². The summed E-state index contributed by atoms with van der Waals surface area (Å²) in [6.07, 6.45) is 0. The van der Waals surface area contributed by atoms with Gasteiger partial charge >= 0.3 is 0 Å². The van der Waals surface area contributed by atoms with E-state index in [0.29, 0.717) is 0 Å². The molecule has 0 aliphatic heterocycles. The van der Waals surface area contributed by atoms with E-state index >= 15 is 0 Å². The largest absolute Gasteiger partial charge is 0.456 e. The maximum atomic E-state index is 6.02. The summed E-state index contributed by atoms with van der Waals surface area (Å²) in [5.74, 6) is 0. The van der Waals surface area contributed by atoms with Gasteiger partial charge < -0.3 is 9.40 Å². The Kier molecular flexibility index (Phi) is 2.12. The van der Waals surface area contributed by atoms with Crippen LogP contribution in [-0.2, 0) is 0 Å². The van der Waals surface area contributed by atoms with Crippen LogP contribution in [0.5, 0.6) is 0 Å². The fraction of sp³-hybridized carbons (Fsp3) is 0. The molecule has 6 aromatic rings. The summed E-state index contributed by atoms with van der Waals surface area (Å²) in [6, 6.07) is 25.5. The number of nitrogens with one attached hydrogen (secondary N) is 1. The van der Waals surface area contributed by atoms with E-state index < -0.39 is 0 Å². The van der Waals surface area contributed by atoms with Crippen LogP contribution in [0.15, 0.2) is 77.2 Å². The minimum atomic E-state index is 0.930. The molecule has 0 saturated carbocycles. The Labute approximate surface area is 137 Å². The van der Waals surface area contributed by atoms with E-state index in [4.69, 9.17) is 4.42 Å². The predicted molar refractivity (Wildman–Crippen MR) is 101 cm³/mol. The number of benzene rings is 4. The van der Waals surface area contributed by atoms with Crippen LogP contribution >= 0.6 is 0 Å². The molecule has 0 radical (unpaired) electrons. The predicted octanol–water partition coefficient (Wildman–Crippen LogP) is 6.37. The average molecular weight is 307 g/mol. The smallest absolute Gasteiger partial charge is 0.137 e. The van der Waals surface area contributed by atoms with Crippen molar-refractivity contribution in [1.82, 2.24) is 4.98 Å². The van der Waals surface area contributed by atoms with E-state index in [1.165, 1.54) is 37.8 Å². The van der Waals surface area contributed by atoms with E-state index in [1.54, 1.807) is 0 Å². The number of aromatic nitrogens is 1. The average Bonchev–Trinajstić information content (AvgIpc) is 3.17. The van der Waals surface area contributed by atoms with Crippen molar-refractivity contribution in [1.29, 1.82) is 0 Å². The lowest BCUT2D eigenvalue weighted by atomic mass is 10.0. The van der Waals surface area contributed by atoms with Gasteiger partial charge in [-0.2, -0.15) is 0 Å². The van der Waals surface area contributed by atoms with Gasteiger partial charge in [-0.25, -0.2) is 0 Å². The standard InChI is InChI=1S/C22H13NO/c1-2-6-14-13(5-1)9-10-16-17-11-18-15-7-3-4-8-20(15)24-21(18)12-19(17)23-22(14)16/h1-12,23H. The highest BCUT2D eigenvalue weighted by atomic mass is 16.3. The van der Waals surface area contributed by atoms with Crippen LogP contribution in [0.2, 0.25) is 0 Å². The zero-order valence-corrected chi connectivity index (χ0v) is 12.8. The number of para-hydroxylation sites is 1. The van der Waals surface area contributed by atoms with Crippen LogP contribution in [0.1, 0.15) is 0 Å². The Balaban J connectivity index is 1.84. The molecule has 2 heteroatoms. The fourth-order valence-electron chi connectivity index (χ4n) is 3.86. The molecule has 0 aliphatic carbocycles. The van der Waals surface area contributed by atoms with Crippen LogP contribution in [0.25, 0.3) is 54.5 Å². The molecule has 0 spiro atoms. The first-order valence-electron chi connectivity index (χ1n) is 8.13. The van der Waals surface area contributed by atoms with Gasteiger partial charge in [0.15, 0.2) is 0 Å². The van der Waals surface area contributed by atoms with Crippen molar-refractivity contribution < 1.29 is 4.42 Å². The fourth-order valence-corrected chi connectivity index (χ4v) is 3.86. The Morgan fingerprint density at radius 1 is 0.583 bits per heavy atom. The highest BCUT2D eigenvalue weighted by molar-refractivity contribution is 6.20. The molecule has 0 aliphatic rings. The molecule has 0 amide bonds. The van der Waals surface area contributed by atoms with Gasteiger partial charge in [-0.05, 0) is 17.5 Å². The van der Waals surface area contributed by atoms with Crippen molar-refractivity contribution in [2.24, 2.45) is 0 Å². The number of hydrogen-bond donors (Lipinski definition) is 1. The van der Waals surface area contributed by atoms with Crippen molar-refractivity contribution in [2.45, 2.75) is 0 Å². The van der Waals surface area contributed by atoms with Gasteiger partial charge in [0, 0.05) is 33.0 Å². The summed E-state index contributed by atoms with van der Waals surface area (Å²) in [6.45, 7) is 0. The Hall–Kier alpha value is -3.26. The monoisotopic (exact) mass is 307 g/mol. The van der Waals surface area contributed by atoms with Crippen LogP contribution in [0, 0.1) is 0 Å². The highest BCUT2D eigenvalue weighted by Crippen LogP contribution is 2.36. The molecule has 0 bridgehead atoms. The van der Waals surface area contributed by atoms with E-state index in [0.717, 1.165) is 16.7 Å². The van der Waals surface area contributed by atoms with Crippen LogP contribution in [-0.4, -0.2) is 4.98 Å². The Morgan fingerprint density at radius 3 is 2.38 bits per heavy atom. The zero-order chi connectivity index (χ0) is 15.7. The van der Waals surface area contributed by atoms with Gasteiger partial charge in [-0.3, -0.25) is 0 Å². The van der Waals surface area contributed by atoms with E-state index in [2.05, 4.69) is 65.6 Å². The molecule has 0 saturated heterocycles. The Morgan fingerprint density at radius 2 is 1.42 bits per heavy atom. The molecule has 112 valence electrons. The zero-order valence-electron chi connectivity index (χ0n) is 12.8. The number of fused-ring (bicyclic) bond motifs is 8. The summed E-state index contributed by atoms with van der Waals surface area (Å²) in [7, 11) is 0. The first kappa shape index (κ1) is 12.2. The van der Waals surface area contributed by atoms with Crippen molar-refractivity contribution in [3.8, 4) is 0 Å². The quantitative estimate of drug-likeness (QED) is 0.347. The van der Waals surface area contributed by atoms with Gasteiger partial charge in [0.05, 0.1) is 11.0 Å². The second-order valence-corrected chi connectivity index (χ2v) is 6.33. The molecule has 0 fully saturated rings. The van der Waals surface area contributed by atoms with Gasteiger partial charge in [0.25, 0.3) is 0 Å². The summed E-state index contributed by atoms with van der Waals surface area (Å²) in [5, 5.41) is 7.36. The van der Waals surface area contributed by atoms with Crippen molar-refractivity contribution in [3.63, 3.8) is 0 Å². The molecule has 2 nitrogen and oxygen atoms in total. The molecule has 4 aromatic carbocycles. The molecule has 6 rings (SSSR count). The number of rotatable bonds is 0. The minimum absolute atomic E-state index is 0.930. The second-order valence-electron chi connectivity index (χ2n) is 6.33. The SMILES string of the molecule is c1ccc2c(c1)ccc1c3cc4c(cc3[nH]c21)oc1ccccc14. The van der Waals surface area contributed by atoms with Crippen molar-refractivity contribution in [3.05, 3.63) is 72.8 Å². The van der Waals surface area contributed by atoms with E-state index in [1.807, 2.05) is 12.1 Å². The maximum Gasteiger partial charge on any atom is 0.137 e. The number of furan rings is 1. The van der Waals surface area contributed by atoms with Crippen LogP contribution in [0.3, 0.4) is 0 Å². The van der Waals surface area contributed by atoms with Crippen LogP contribution < -0.4 is 0 Å². The van der Waals surface area contributed by atoms with E-state index in [9.17, 15) is 0 Å². The first-order chi connectivity index (χ1) is 11.9. The summed E-state index contributed by atoms with van der Waals surface area (Å²) in [5.41, 5.74) is 4.18. The molecule has 2 heterocycles. The molecule has 0 unspecified atom stereocenters. The topological polar surface area (TPSA) is 28.9 Å². The lowest BCUT2D eigenvalue weighted by molar-refractivity contribution is 0.669. The van der Waals surface area contributed by atoms with Crippen molar-refractivity contribution in [2.75, 3.05) is 0 Å². The minimum Gasteiger partial charge on any atom is -0.456 e. The normalized spacial score (nSPS) is 12.2. The molecule has 0 atom stereocenters. The summed E-state index contributed by atoms with van der Waals surface area (Å²) < 4.78 is 6.02. The molecular weight excluding hydrogens is 294 g/mol. The van der Waals surface area contributed by atoms with Gasteiger partial charge in [-0.15, -0.1) is 0 Å². The third-order valence-electron chi connectivity index (χ3n) is 5.00. The molecular formula is C22H13NO. The Bertz CT molecular complexity index is 1400. The van der Waals surface area contributed by atoms with Gasteiger partial charge in [0.1, 0.15) is 11.2 Å². The van der Waals surface area contributed by atoms with Crippen molar-refractivity contribution >= 4 is 54.5 Å². The van der Waals surface area contributed by atoms with Crippen LogP contribution in [0.4, 0.5) is 0 Å². The molecule has 2 aromatic heterocycles. The molecule has 1 N–H and O–H groups in total. The molecule has 24 heavy (non-hydrogen) atoms. The third-order valence-corrected chi connectivity index (χ3v) is 5.00.